The monoisotopic (exact) mass is 894 g/mol. The number of benzene rings is 11. The Morgan fingerprint density at radius 1 is 0.200 bits per heavy atom. The van der Waals surface area contributed by atoms with Gasteiger partial charge < -0.3 is 0 Å². The normalized spacial score (nSPS) is 16.5. The van der Waals surface area contributed by atoms with Crippen LogP contribution in [0.25, 0.3) is 110 Å². The van der Waals surface area contributed by atoms with Crippen LogP contribution in [-0.2, 0) is 21.7 Å². The van der Waals surface area contributed by atoms with Crippen LogP contribution in [0.4, 0.5) is 0 Å². The Kier molecular flexibility index (Phi) is 7.61. The third kappa shape index (κ3) is 4.78. The quantitative estimate of drug-likeness (QED) is 0.152. The van der Waals surface area contributed by atoms with Crippen LogP contribution in [0.5, 0.6) is 0 Å². The lowest BCUT2D eigenvalue weighted by Gasteiger charge is -2.31. The van der Waals surface area contributed by atoms with Crippen molar-refractivity contribution in [3.05, 3.63) is 226 Å². The van der Waals surface area contributed by atoms with Gasteiger partial charge in [-0.15, -0.1) is 0 Å². The first kappa shape index (κ1) is 40.4. The molecular formula is C70H54. The maximum Gasteiger partial charge on any atom is 0.0162 e. The molecule has 0 saturated carbocycles. The molecule has 0 bridgehead atoms. The molecule has 0 heteroatoms. The van der Waals surface area contributed by atoms with E-state index in [-0.39, 0.29) is 21.7 Å². The van der Waals surface area contributed by atoms with E-state index in [1.165, 1.54) is 154 Å². The molecule has 0 nitrogen and oxygen atoms in total. The molecule has 11 aromatic rings. The highest BCUT2D eigenvalue weighted by atomic mass is 14.5. The molecule has 0 atom stereocenters. The second kappa shape index (κ2) is 13.2. The summed E-state index contributed by atoms with van der Waals surface area (Å²) in [5.41, 5.74) is 27.2. The predicted octanol–water partition coefficient (Wildman–Crippen LogP) is 18.9. The SMILES string of the molecule is CC1(C)c2ccccc2-c2cc3c(cc21)-c1c(cc(-c2c4ccccc4c(-c4cc5c(c6ccccc46)-c4ccc6c(c4C5(C)C)C(C)(C)c4ccccc4-6)c4ccccc24)c2ccccc12)C3(C)C. The van der Waals surface area contributed by atoms with Crippen molar-refractivity contribution in [1.82, 2.24) is 0 Å². The first-order valence-electron chi connectivity index (χ1n) is 25.4. The van der Waals surface area contributed by atoms with Crippen LogP contribution < -0.4 is 0 Å². The molecule has 0 radical (unpaired) electrons. The second-order valence-electron chi connectivity index (χ2n) is 23.1. The molecule has 0 unspecified atom stereocenters. The zero-order valence-electron chi connectivity index (χ0n) is 41.3. The Bertz CT molecular complexity index is 4160. The molecule has 0 N–H and O–H groups in total. The average Bonchev–Trinajstić information content (AvgIpc) is 3.94. The smallest absolute Gasteiger partial charge is 0.0162 e. The van der Waals surface area contributed by atoms with Crippen LogP contribution in [0.15, 0.2) is 182 Å². The van der Waals surface area contributed by atoms with Crippen molar-refractivity contribution in [2.45, 2.75) is 77.0 Å². The lowest BCUT2D eigenvalue weighted by atomic mass is 9.72. The van der Waals surface area contributed by atoms with Crippen LogP contribution >= 0.6 is 0 Å². The van der Waals surface area contributed by atoms with Crippen LogP contribution in [0.3, 0.4) is 0 Å². The fourth-order valence-corrected chi connectivity index (χ4v) is 14.9. The van der Waals surface area contributed by atoms with E-state index in [9.17, 15) is 0 Å². The molecule has 0 saturated heterocycles. The summed E-state index contributed by atoms with van der Waals surface area (Å²) in [5.74, 6) is 0. The molecular weight excluding hydrogens is 841 g/mol. The molecule has 0 amide bonds. The van der Waals surface area contributed by atoms with Crippen LogP contribution in [0, 0.1) is 0 Å². The van der Waals surface area contributed by atoms with Gasteiger partial charge in [0.15, 0.2) is 0 Å². The van der Waals surface area contributed by atoms with E-state index in [4.69, 9.17) is 0 Å². The Morgan fingerprint density at radius 3 is 1.04 bits per heavy atom. The van der Waals surface area contributed by atoms with Gasteiger partial charge in [-0.3, -0.25) is 0 Å². The van der Waals surface area contributed by atoms with Crippen molar-refractivity contribution in [2.75, 3.05) is 0 Å². The molecule has 4 aliphatic carbocycles. The largest absolute Gasteiger partial charge is 0.0619 e. The van der Waals surface area contributed by atoms with Crippen molar-refractivity contribution in [3.63, 3.8) is 0 Å². The zero-order valence-corrected chi connectivity index (χ0v) is 41.3. The Labute approximate surface area is 411 Å². The summed E-state index contributed by atoms with van der Waals surface area (Å²) in [6.45, 7) is 19.6. The molecule has 0 heterocycles. The molecule has 0 fully saturated rings. The van der Waals surface area contributed by atoms with Gasteiger partial charge >= 0.3 is 0 Å². The van der Waals surface area contributed by atoms with E-state index in [1.807, 2.05) is 0 Å². The van der Waals surface area contributed by atoms with E-state index in [1.54, 1.807) is 0 Å². The fourth-order valence-electron chi connectivity index (χ4n) is 14.9. The maximum absolute atomic E-state index is 2.61. The van der Waals surface area contributed by atoms with Gasteiger partial charge in [0, 0.05) is 21.7 Å². The maximum atomic E-state index is 2.61. The summed E-state index contributed by atoms with van der Waals surface area (Å²) in [6.07, 6.45) is 0. The third-order valence-corrected chi connectivity index (χ3v) is 18.2. The molecule has 70 heavy (non-hydrogen) atoms. The van der Waals surface area contributed by atoms with Crippen LogP contribution in [-0.4, -0.2) is 0 Å². The van der Waals surface area contributed by atoms with Crippen molar-refractivity contribution in [2.24, 2.45) is 0 Å². The topological polar surface area (TPSA) is 0 Å². The zero-order chi connectivity index (χ0) is 47.4. The molecule has 334 valence electrons. The lowest BCUT2D eigenvalue weighted by Crippen LogP contribution is -2.24. The van der Waals surface area contributed by atoms with Crippen molar-refractivity contribution in [1.29, 1.82) is 0 Å². The highest BCUT2D eigenvalue weighted by molar-refractivity contribution is 6.27. The van der Waals surface area contributed by atoms with Gasteiger partial charge in [-0.25, -0.2) is 0 Å². The van der Waals surface area contributed by atoms with E-state index < -0.39 is 0 Å². The first-order valence-corrected chi connectivity index (χ1v) is 25.4. The molecule has 0 spiro atoms. The van der Waals surface area contributed by atoms with E-state index in [0.29, 0.717) is 0 Å². The van der Waals surface area contributed by atoms with Crippen molar-refractivity contribution < 1.29 is 0 Å². The number of rotatable bonds is 2. The van der Waals surface area contributed by atoms with Gasteiger partial charge in [0.05, 0.1) is 0 Å². The van der Waals surface area contributed by atoms with Crippen molar-refractivity contribution >= 4 is 43.1 Å². The Balaban J connectivity index is 0.987. The van der Waals surface area contributed by atoms with E-state index >= 15 is 0 Å². The number of fused-ring (bicyclic) bond motifs is 19. The van der Waals surface area contributed by atoms with Gasteiger partial charge in [-0.05, 0) is 179 Å². The standard InChI is InChI=1S/C70H54/c1-67(2)55-31-19-18-24-42(55)51-35-58-54(38-57(51)67)64-44-26-12-10-22-40(44)52(36-59(64)68(58,3)4)61-45-27-13-15-29-47(45)62(48-30-16-14-28-46(48)61)53-37-60-63(43-25-11-9-21-39(43)53)50-34-33-49-41-23-17-20-32-56(41)69(5,6)65(49)66(50)70(60,7)8/h9-38H,1-8H3. The summed E-state index contributed by atoms with van der Waals surface area (Å²) in [5, 5.41) is 10.4. The minimum Gasteiger partial charge on any atom is -0.0619 e. The van der Waals surface area contributed by atoms with Gasteiger partial charge in [-0.2, -0.15) is 0 Å². The van der Waals surface area contributed by atoms with Gasteiger partial charge in [0.25, 0.3) is 0 Å². The summed E-state index contributed by atoms with van der Waals surface area (Å²) in [4.78, 5) is 0. The molecule has 11 aromatic carbocycles. The summed E-state index contributed by atoms with van der Waals surface area (Å²) in [7, 11) is 0. The second-order valence-corrected chi connectivity index (χ2v) is 23.1. The van der Waals surface area contributed by atoms with E-state index in [0.717, 1.165) is 0 Å². The highest BCUT2D eigenvalue weighted by Crippen LogP contribution is 2.63. The lowest BCUT2D eigenvalue weighted by molar-refractivity contribution is 0.601. The first-order chi connectivity index (χ1) is 33.8. The van der Waals surface area contributed by atoms with Gasteiger partial charge in [0.2, 0.25) is 0 Å². The molecule has 0 aliphatic heterocycles. The van der Waals surface area contributed by atoms with Crippen molar-refractivity contribution in [3.8, 4) is 66.8 Å². The highest BCUT2D eigenvalue weighted by Gasteiger charge is 2.47. The van der Waals surface area contributed by atoms with Crippen LogP contribution in [0.1, 0.15) is 99.9 Å². The Morgan fingerprint density at radius 2 is 0.514 bits per heavy atom. The molecule has 15 rings (SSSR count). The summed E-state index contributed by atoms with van der Waals surface area (Å²) in [6, 6.07) is 70.4. The summed E-state index contributed by atoms with van der Waals surface area (Å²) < 4.78 is 0. The minimum absolute atomic E-state index is 0.0728. The number of hydrogen-bond acceptors (Lipinski definition) is 0. The van der Waals surface area contributed by atoms with E-state index in [2.05, 4.69) is 237 Å². The summed E-state index contributed by atoms with van der Waals surface area (Å²) >= 11 is 0. The minimum atomic E-state index is -0.230. The number of hydrogen-bond donors (Lipinski definition) is 0. The average molecular weight is 895 g/mol. The third-order valence-electron chi connectivity index (χ3n) is 18.2. The predicted molar refractivity (Wildman–Crippen MR) is 298 cm³/mol. The Hall–Kier alpha value is -7.54. The fraction of sp³-hybridized carbons (Fsp3) is 0.171. The molecule has 0 aromatic heterocycles. The van der Waals surface area contributed by atoms with Gasteiger partial charge in [-0.1, -0.05) is 213 Å². The van der Waals surface area contributed by atoms with Crippen LogP contribution in [0.2, 0.25) is 0 Å². The van der Waals surface area contributed by atoms with Gasteiger partial charge in [0.1, 0.15) is 0 Å². The molecule has 4 aliphatic rings.